The normalized spacial score (nSPS) is 10.9. The van der Waals surface area contributed by atoms with E-state index in [1.165, 1.54) is 22.2 Å². The lowest BCUT2D eigenvalue weighted by molar-refractivity contribution is 0.102. The molecule has 8 heteroatoms. The van der Waals surface area contributed by atoms with Crippen molar-refractivity contribution in [1.29, 1.82) is 0 Å². The molecule has 0 aliphatic rings. The van der Waals surface area contributed by atoms with Crippen LogP contribution in [0.5, 0.6) is 5.75 Å². The fourth-order valence-corrected chi connectivity index (χ4v) is 4.56. The van der Waals surface area contributed by atoms with Gasteiger partial charge in [0.15, 0.2) is 0 Å². The number of aryl methyl sites for hydroxylation is 1. The first-order chi connectivity index (χ1) is 15.0. The quantitative estimate of drug-likeness (QED) is 0.439. The summed E-state index contributed by atoms with van der Waals surface area (Å²) in [5, 5.41) is 3.92. The number of nitrogens with zero attached hydrogens (tertiary/aromatic N) is 2. The molecule has 6 nitrogen and oxygen atoms in total. The number of anilines is 1. The molecule has 0 fully saturated rings. The molecule has 2 aromatic carbocycles. The standard InChI is InChI=1S/C23H20ClN3O3S/c1-3-30-18-11-7-6-10-17(18)26-21(28)20-14(2)19-22(31-20)25-13-27(23(19)29)12-15-8-4-5-9-16(15)24/h4-11,13H,3,12H2,1-2H3,(H,26,28). The van der Waals surface area contributed by atoms with Gasteiger partial charge in [0.25, 0.3) is 11.5 Å². The van der Waals surface area contributed by atoms with Crippen LogP contribution in [0.1, 0.15) is 27.7 Å². The molecule has 0 saturated carbocycles. The van der Waals surface area contributed by atoms with E-state index in [2.05, 4.69) is 10.3 Å². The Labute approximate surface area is 188 Å². The predicted molar refractivity (Wildman–Crippen MR) is 125 cm³/mol. The van der Waals surface area contributed by atoms with Crippen LogP contribution in [0.2, 0.25) is 5.02 Å². The van der Waals surface area contributed by atoms with Crippen LogP contribution in [0.4, 0.5) is 5.69 Å². The molecule has 0 atom stereocenters. The average molecular weight is 454 g/mol. The third-order valence-corrected chi connectivity index (χ3v) is 6.42. The number of aromatic nitrogens is 2. The van der Waals surface area contributed by atoms with Gasteiger partial charge in [-0.3, -0.25) is 14.2 Å². The zero-order chi connectivity index (χ0) is 22.0. The number of halogens is 1. The number of hydrogen-bond donors (Lipinski definition) is 1. The number of carbonyl (C=O) groups excluding carboxylic acids is 1. The molecule has 4 aromatic rings. The highest BCUT2D eigenvalue weighted by molar-refractivity contribution is 7.20. The Hall–Kier alpha value is -3.16. The van der Waals surface area contributed by atoms with E-state index in [0.29, 0.717) is 50.3 Å². The fourth-order valence-electron chi connectivity index (χ4n) is 3.33. The van der Waals surface area contributed by atoms with Crippen LogP contribution in [0.25, 0.3) is 10.2 Å². The summed E-state index contributed by atoms with van der Waals surface area (Å²) in [4.78, 5) is 31.5. The lowest BCUT2D eigenvalue weighted by Crippen LogP contribution is -2.21. The monoisotopic (exact) mass is 453 g/mol. The van der Waals surface area contributed by atoms with Gasteiger partial charge in [-0.05, 0) is 43.2 Å². The summed E-state index contributed by atoms with van der Waals surface area (Å²) < 4.78 is 7.09. The summed E-state index contributed by atoms with van der Waals surface area (Å²) >= 11 is 7.44. The number of carbonyl (C=O) groups is 1. The van der Waals surface area contributed by atoms with Gasteiger partial charge in [0, 0.05) is 5.02 Å². The molecule has 0 radical (unpaired) electrons. The molecule has 0 saturated heterocycles. The minimum absolute atomic E-state index is 0.201. The van der Waals surface area contributed by atoms with E-state index in [9.17, 15) is 9.59 Å². The number of benzene rings is 2. The number of para-hydroxylation sites is 2. The number of ether oxygens (including phenoxy) is 1. The summed E-state index contributed by atoms with van der Waals surface area (Å²) in [7, 11) is 0. The molecule has 2 heterocycles. The van der Waals surface area contributed by atoms with E-state index in [-0.39, 0.29) is 11.5 Å². The van der Waals surface area contributed by atoms with Gasteiger partial charge in [-0.15, -0.1) is 11.3 Å². The topological polar surface area (TPSA) is 73.2 Å². The van der Waals surface area contributed by atoms with Gasteiger partial charge in [0.2, 0.25) is 0 Å². The minimum atomic E-state index is -0.301. The lowest BCUT2D eigenvalue weighted by Gasteiger charge is -2.10. The van der Waals surface area contributed by atoms with Crippen LogP contribution < -0.4 is 15.6 Å². The van der Waals surface area contributed by atoms with Crippen molar-refractivity contribution >= 4 is 44.7 Å². The maximum atomic E-state index is 13.1. The Morgan fingerprint density at radius 2 is 1.94 bits per heavy atom. The molecular formula is C23H20ClN3O3S. The van der Waals surface area contributed by atoms with Crippen molar-refractivity contribution in [2.24, 2.45) is 0 Å². The highest BCUT2D eigenvalue weighted by Crippen LogP contribution is 2.30. The second-order valence-corrected chi connectivity index (χ2v) is 8.29. The van der Waals surface area contributed by atoms with Crippen LogP contribution in [-0.2, 0) is 6.54 Å². The Balaban J connectivity index is 1.68. The van der Waals surface area contributed by atoms with E-state index >= 15 is 0 Å². The second-order valence-electron chi connectivity index (χ2n) is 6.89. The minimum Gasteiger partial charge on any atom is -0.492 e. The molecule has 4 rings (SSSR count). The van der Waals surface area contributed by atoms with E-state index < -0.39 is 0 Å². The van der Waals surface area contributed by atoms with E-state index in [1.807, 2.05) is 37.3 Å². The number of amides is 1. The molecule has 0 aliphatic heterocycles. The molecule has 2 aromatic heterocycles. The van der Waals surface area contributed by atoms with Gasteiger partial charge in [0.05, 0.1) is 35.4 Å². The summed E-state index contributed by atoms with van der Waals surface area (Å²) in [6.45, 7) is 4.45. The molecule has 1 amide bonds. The number of nitrogens with one attached hydrogen (secondary N) is 1. The van der Waals surface area contributed by atoms with Gasteiger partial charge in [-0.25, -0.2) is 4.98 Å². The molecule has 0 unspecified atom stereocenters. The molecule has 1 N–H and O–H groups in total. The molecule has 0 bridgehead atoms. The first-order valence-corrected chi connectivity index (χ1v) is 10.9. The van der Waals surface area contributed by atoms with Gasteiger partial charge in [0.1, 0.15) is 10.6 Å². The van der Waals surface area contributed by atoms with Gasteiger partial charge >= 0.3 is 0 Å². The molecule has 31 heavy (non-hydrogen) atoms. The average Bonchev–Trinajstić information content (AvgIpc) is 3.10. The highest BCUT2D eigenvalue weighted by Gasteiger charge is 2.20. The van der Waals surface area contributed by atoms with E-state index in [4.69, 9.17) is 16.3 Å². The van der Waals surface area contributed by atoms with Gasteiger partial charge < -0.3 is 10.1 Å². The van der Waals surface area contributed by atoms with Crippen molar-refractivity contribution in [3.8, 4) is 5.75 Å². The smallest absolute Gasteiger partial charge is 0.266 e. The molecule has 158 valence electrons. The second kappa shape index (κ2) is 8.91. The zero-order valence-corrected chi connectivity index (χ0v) is 18.6. The Morgan fingerprint density at radius 3 is 2.71 bits per heavy atom. The Kier molecular flexibility index (Phi) is 6.06. The van der Waals surface area contributed by atoms with Gasteiger partial charge in [-0.1, -0.05) is 41.9 Å². The van der Waals surface area contributed by atoms with Crippen molar-refractivity contribution in [3.05, 3.63) is 86.2 Å². The largest absolute Gasteiger partial charge is 0.492 e. The highest BCUT2D eigenvalue weighted by atomic mass is 35.5. The number of thiophene rings is 1. The van der Waals surface area contributed by atoms with Crippen LogP contribution in [0, 0.1) is 6.92 Å². The molecule has 0 aliphatic carbocycles. The third-order valence-electron chi connectivity index (χ3n) is 4.86. The number of rotatable bonds is 6. The third kappa shape index (κ3) is 4.19. The number of fused-ring (bicyclic) bond motifs is 1. The lowest BCUT2D eigenvalue weighted by atomic mass is 10.2. The molecule has 0 spiro atoms. The van der Waals surface area contributed by atoms with E-state index in [1.54, 1.807) is 25.1 Å². The summed E-state index contributed by atoms with van der Waals surface area (Å²) in [5.41, 5.74) is 1.81. The van der Waals surface area contributed by atoms with Crippen molar-refractivity contribution in [1.82, 2.24) is 9.55 Å². The van der Waals surface area contributed by atoms with Gasteiger partial charge in [-0.2, -0.15) is 0 Å². The first kappa shape index (κ1) is 21.1. The van der Waals surface area contributed by atoms with E-state index in [0.717, 1.165) is 5.56 Å². The maximum Gasteiger partial charge on any atom is 0.266 e. The Morgan fingerprint density at radius 1 is 1.19 bits per heavy atom. The van der Waals surface area contributed by atoms with Crippen molar-refractivity contribution in [3.63, 3.8) is 0 Å². The Bertz CT molecular complexity index is 1330. The molecular weight excluding hydrogens is 434 g/mol. The maximum absolute atomic E-state index is 13.1. The summed E-state index contributed by atoms with van der Waals surface area (Å²) in [6.07, 6.45) is 1.50. The van der Waals surface area contributed by atoms with Crippen molar-refractivity contribution in [2.45, 2.75) is 20.4 Å². The first-order valence-electron chi connectivity index (χ1n) is 9.74. The number of hydrogen-bond acceptors (Lipinski definition) is 5. The fraction of sp³-hybridized carbons (Fsp3) is 0.174. The summed E-state index contributed by atoms with van der Waals surface area (Å²) in [6, 6.07) is 14.6. The SMILES string of the molecule is CCOc1ccccc1NC(=O)c1sc2ncn(Cc3ccccc3Cl)c(=O)c2c1C. The predicted octanol–water partition coefficient (Wildman–Crippen LogP) is 5.12. The van der Waals surface area contributed by atoms with Crippen molar-refractivity contribution in [2.75, 3.05) is 11.9 Å². The summed E-state index contributed by atoms with van der Waals surface area (Å²) in [5.74, 6) is 0.294. The zero-order valence-electron chi connectivity index (χ0n) is 17.0. The van der Waals surface area contributed by atoms with Crippen LogP contribution >= 0.6 is 22.9 Å². The van der Waals surface area contributed by atoms with Crippen LogP contribution in [-0.4, -0.2) is 22.1 Å². The van der Waals surface area contributed by atoms with Crippen molar-refractivity contribution < 1.29 is 9.53 Å². The van der Waals surface area contributed by atoms with Crippen LogP contribution in [0.3, 0.4) is 0 Å². The van der Waals surface area contributed by atoms with Crippen LogP contribution in [0.15, 0.2) is 59.7 Å².